The van der Waals surface area contributed by atoms with Crippen LogP contribution in [0.1, 0.15) is 23.0 Å². The van der Waals surface area contributed by atoms with Crippen LogP contribution in [0.25, 0.3) is 0 Å². The second-order valence-electron chi connectivity index (χ2n) is 7.40. The van der Waals surface area contributed by atoms with Crippen molar-refractivity contribution in [3.63, 3.8) is 0 Å². The maximum Gasteiger partial charge on any atom is 0.272 e. The second-order valence-corrected chi connectivity index (χ2v) is 9.31. The van der Waals surface area contributed by atoms with Crippen molar-refractivity contribution in [2.24, 2.45) is 7.05 Å². The average Bonchev–Trinajstić information content (AvgIpc) is 3.14. The van der Waals surface area contributed by atoms with E-state index in [-0.39, 0.29) is 42.9 Å². The van der Waals surface area contributed by atoms with Crippen LogP contribution in [-0.4, -0.2) is 71.5 Å². The molecular weight excluding hydrogens is 410 g/mol. The van der Waals surface area contributed by atoms with Crippen LogP contribution in [0.5, 0.6) is 5.75 Å². The third-order valence-corrected chi connectivity index (χ3v) is 7.43. The lowest BCUT2D eigenvalue weighted by molar-refractivity contribution is -0.122. The first-order valence-corrected chi connectivity index (χ1v) is 11.0. The molecule has 2 aliphatic rings. The van der Waals surface area contributed by atoms with Crippen LogP contribution in [0.15, 0.2) is 29.3 Å². The summed E-state index contributed by atoms with van der Waals surface area (Å²) in [5, 5.41) is 6.73. The minimum atomic E-state index is -3.78. The van der Waals surface area contributed by atoms with Crippen LogP contribution >= 0.6 is 0 Å². The Morgan fingerprint density at radius 2 is 1.93 bits per heavy atom. The first kappa shape index (κ1) is 20.4. The van der Waals surface area contributed by atoms with E-state index in [9.17, 15) is 18.0 Å². The molecule has 0 spiro atoms. The number of fused-ring (bicyclic) bond motifs is 1. The van der Waals surface area contributed by atoms with Crippen LogP contribution in [-0.2, 0) is 21.9 Å². The number of hydrogen-bond donors (Lipinski definition) is 1. The minimum Gasteiger partial charge on any atom is -0.479 e. The molecule has 3 heterocycles. The Morgan fingerprint density at radius 1 is 1.23 bits per heavy atom. The van der Waals surface area contributed by atoms with Crippen LogP contribution in [0.4, 0.5) is 5.69 Å². The van der Waals surface area contributed by atoms with Crippen LogP contribution in [0, 0.1) is 6.92 Å². The fourth-order valence-corrected chi connectivity index (χ4v) is 5.28. The highest BCUT2D eigenvalue weighted by Gasteiger charge is 2.34. The largest absolute Gasteiger partial charge is 0.479 e. The Balaban J connectivity index is 1.53. The van der Waals surface area contributed by atoms with Gasteiger partial charge in [-0.15, -0.1) is 0 Å². The van der Waals surface area contributed by atoms with Crippen molar-refractivity contribution in [1.82, 2.24) is 19.0 Å². The summed E-state index contributed by atoms with van der Waals surface area (Å²) in [7, 11) is -2.09. The summed E-state index contributed by atoms with van der Waals surface area (Å²) in [6.45, 7) is 4.24. The van der Waals surface area contributed by atoms with Crippen molar-refractivity contribution in [1.29, 1.82) is 0 Å². The Labute approximate surface area is 174 Å². The smallest absolute Gasteiger partial charge is 0.272 e. The molecular formula is C19H23N5O5S. The molecule has 1 unspecified atom stereocenters. The molecule has 0 bridgehead atoms. The van der Waals surface area contributed by atoms with Crippen molar-refractivity contribution in [2.45, 2.75) is 24.8 Å². The van der Waals surface area contributed by atoms with E-state index in [1.165, 1.54) is 15.1 Å². The normalized spacial score (nSPS) is 19.8. The zero-order valence-corrected chi connectivity index (χ0v) is 17.8. The Bertz CT molecular complexity index is 1120. The molecule has 1 N–H and O–H groups in total. The highest BCUT2D eigenvalue weighted by Crippen LogP contribution is 2.35. The molecule has 30 heavy (non-hydrogen) atoms. The summed E-state index contributed by atoms with van der Waals surface area (Å²) in [5.74, 6) is -0.113. The van der Waals surface area contributed by atoms with Gasteiger partial charge >= 0.3 is 0 Å². The van der Waals surface area contributed by atoms with E-state index in [2.05, 4.69) is 10.4 Å². The maximum atomic E-state index is 13.3. The highest BCUT2D eigenvalue weighted by atomic mass is 32.2. The number of sulfonamides is 1. The molecule has 1 atom stereocenters. The number of amides is 2. The van der Waals surface area contributed by atoms with E-state index >= 15 is 0 Å². The first-order valence-electron chi connectivity index (χ1n) is 9.58. The van der Waals surface area contributed by atoms with Crippen molar-refractivity contribution in [2.75, 3.05) is 31.5 Å². The maximum absolute atomic E-state index is 13.3. The lowest BCUT2D eigenvalue weighted by Crippen LogP contribution is -2.50. The molecule has 2 aliphatic heterocycles. The number of piperazine rings is 1. The van der Waals surface area contributed by atoms with E-state index < -0.39 is 16.1 Å². The van der Waals surface area contributed by atoms with Gasteiger partial charge in [0, 0.05) is 45.5 Å². The summed E-state index contributed by atoms with van der Waals surface area (Å²) in [6, 6.07) is 4.71. The van der Waals surface area contributed by atoms with Gasteiger partial charge in [0.05, 0.1) is 10.6 Å². The SMILES string of the molecule is Cc1cc2c(cc1S(=O)(=O)N1CCN(C(=O)c3ccnn3C)CC1)OC(C)C(=O)N2. The molecule has 11 heteroatoms. The number of nitrogens with zero attached hydrogens (tertiary/aromatic N) is 4. The van der Waals surface area contributed by atoms with Gasteiger partial charge in [0.15, 0.2) is 6.10 Å². The third kappa shape index (κ3) is 3.43. The van der Waals surface area contributed by atoms with Gasteiger partial charge in [0.1, 0.15) is 11.4 Å². The number of carbonyl (C=O) groups excluding carboxylic acids is 2. The van der Waals surface area contributed by atoms with Gasteiger partial charge in [0.25, 0.3) is 11.8 Å². The Morgan fingerprint density at radius 3 is 2.57 bits per heavy atom. The number of benzene rings is 1. The first-order chi connectivity index (χ1) is 14.2. The number of carbonyl (C=O) groups is 2. The standard InChI is InChI=1S/C19H23N5O5S/c1-12-10-14-16(29-13(2)18(25)21-14)11-17(12)30(27,28)24-8-6-23(7-9-24)19(26)15-4-5-20-22(15)3/h4-5,10-11,13H,6-9H2,1-3H3,(H,21,25). The van der Waals surface area contributed by atoms with Crippen molar-refractivity contribution < 1.29 is 22.7 Å². The van der Waals surface area contributed by atoms with E-state index in [4.69, 9.17) is 4.74 Å². The van der Waals surface area contributed by atoms with E-state index in [0.29, 0.717) is 22.7 Å². The Kier molecular flexibility index (Phi) is 5.02. The molecule has 1 saturated heterocycles. The van der Waals surface area contributed by atoms with Crippen LogP contribution in [0.3, 0.4) is 0 Å². The molecule has 2 amide bonds. The summed E-state index contributed by atoms with van der Waals surface area (Å²) in [4.78, 5) is 26.2. The van der Waals surface area contributed by atoms with Gasteiger partial charge < -0.3 is 15.0 Å². The lowest BCUT2D eigenvalue weighted by Gasteiger charge is -2.34. The molecule has 0 radical (unpaired) electrons. The number of anilines is 1. The van der Waals surface area contributed by atoms with Gasteiger partial charge in [-0.2, -0.15) is 9.40 Å². The Hall–Kier alpha value is -2.92. The number of aryl methyl sites for hydroxylation is 2. The van der Waals surface area contributed by atoms with E-state index in [1.807, 2.05) is 0 Å². The van der Waals surface area contributed by atoms with Crippen molar-refractivity contribution >= 4 is 27.5 Å². The summed E-state index contributed by atoms with van der Waals surface area (Å²) in [5.41, 5.74) is 1.44. The average molecular weight is 433 g/mol. The number of aromatic nitrogens is 2. The van der Waals surface area contributed by atoms with Crippen LogP contribution in [0.2, 0.25) is 0 Å². The number of nitrogens with one attached hydrogen (secondary N) is 1. The molecule has 2 aromatic rings. The topological polar surface area (TPSA) is 114 Å². The van der Waals surface area contributed by atoms with Crippen molar-refractivity contribution in [3.05, 3.63) is 35.7 Å². The number of hydrogen-bond acceptors (Lipinski definition) is 6. The van der Waals surface area contributed by atoms with Crippen molar-refractivity contribution in [3.8, 4) is 5.75 Å². The quantitative estimate of drug-likeness (QED) is 0.758. The molecule has 4 rings (SSSR count). The fraction of sp³-hybridized carbons (Fsp3) is 0.421. The molecule has 160 valence electrons. The fourth-order valence-electron chi connectivity index (χ4n) is 3.64. The molecule has 0 saturated carbocycles. The molecule has 1 aromatic carbocycles. The summed E-state index contributed by atoms with van der Waals surface area (Å²) >= 11 is 0. The minimum absolute atomic E-state index is 0.135. The molecule has 10 nitrogen and oxygen atoms in total. The highest BCUT2D eigenvalue weighted by molar-refractivity contribution is 7.89. The van der Waals surface area contributed by atoms with Gasteiger partial charge in [-0.1, -0.05) is 0 Å². The third-order valence-electron chi connectivity index (χ3n) is 5.39. The van der Waals surface area contributed by atoms with E-state index in [0.717, 1.165) is 0 Å². The zero-order valence-electron chi connectivity index (χ0n) is 17.0. The number of ether oxygens (including phenoxy) is 1. The predicted octanol–water partition coefficient (Wildman–Crippen LogP) is 0.595. The monoisotopic (exact) mass is 433 g/mol. The lowest BCUT2D eigenvalue weighted by atomic mass is 10.1. The van der Waals surface area contributed by atoms with Gasteiger partial charge in [-0.3, -0.25) is 14.3 Å². The number of rotatable bonds is 3. The van der Waals surface area contributed by atoms with Gasteiger partial charge in [0.2, 0.25) is 10.0 Å². The molecule has 1 fully saturated rings. The predicted molar refractivity (Wildman–Crippen MR) is 108 cm³/mol. The van der Waals surface area contributed by atoms with Gasteiger partial charge in [-0.05, 0) is 31.5 Å². The van der Waals surface area contributed by atoms with E-state index in [1.54, 1.807) is 44.1 Å². The van der Waals surface area contributed by atoms with Crippen LogP contribution < -0.4 is 10.1 Å². The summed E-state index contributed by atoms with van der Waals surface area (Å²) < 4.78 is 35.0. The zero-order chi connectivity index (χ0) is 21.6. The molecule has 0 aliphatic carbocycles. The summed E-state index contributed by atoms with van der Waals surface area (Å²) in [6.07, 6.45) is 0.857. The molecule has 1 aromatic heterocycles. The van der Waals surface area contributed by atoms with Gasteiger partial charge in [-0.25, -0.2) is 8.42 Å². The second kappa shape index (κ2) is 7.40.